The van der Waals surface area contributed by atoms with Crippen LogP contribution < -0.4 is 5.43 Å². The summed E-state index contributed by atoms with van der Waals surface area (Å²) in [6, 6.07) is 5.21. The Hall–Kier alpha value is -2.03. The van der Waals surface area contributed by atoms with E-state index in [1.807, 2.05) is 0 Å². The fourth-order valence-electron chi connectivity index (χ4n) is 4.60. The minimum absolute atomic E-state index is 0.262. The van der Waals surface area contributed by atoms with Gasteiger partial charge in [0, 0.05) is 0 Å². The van der Waals surface area contributed by atoms with E-state index in [0.29, 0.717) is 0 Å². The van der Waals surface area contributed by atoms with Crippen molar-refractivity contribution in [2.24, 2.45) is 0 Å². The van der Waals surface area contributed by atoms with Crippen LogP contribution in [0.5, 0.6) is 0 Å². The van der Waals surface area contributed by atoms with Gasteiger partial charge in [-0.25, -0.2) is 10.4 Å². The van der Waals surface area contributed by atoms with Gasteiger partial charge in [0.2, 0.25) is 8.32 Å². The van der Waals surface area contributed by atoms with E-state index in [0.717, 1.165) is 5.01 Å². The van der Waals surface area contributed by atoms with Gasteiger partial charge in [0.15, 0.2) is 0 Å². The molecule has 7 nitrogen and oxygen atoms in total. The Bertz CT molecular complexity index is 736. The minimum atomic E-state index is -2.34. The Morgan fingerprint density at radius 2 is 1.34 bits per heavy atom. The predicted molar refractivity (Wildman–Crippen MR) is 113 cm³/mol. The number of hydrogen-bond donors (Lipinski definition) is 2. The second-order valence-electron chi connectivity index (χ2n) is 8.58. The van der Waals surface area contributed by atoms with E-state index in [9.17, 15) is 19.5 Å². The van der Waals surface area contributed by atoms with E-state index in [4.69, 9.17) is 4.43 Å². The largest absolute Gasteiger partial charge is 0.480 e. The van der Waals surface area contributed by atoms with Crippen molar-refractivity contribution >= 4 is 26.1 Å². The lowest BCUT2D eigenvalue weighted by atomic mass is 10.1. The summed E-state index contributed by atoms with van der Waals surface area (Å²) in [6.07, 6.45) is -0.726. The maximum absolute atomic E-state index is 12.6. The molecule has 2 amide bonds. The average Bonchev–Trinajstić information content (AvgIpc) is 2.87. The number of benzene rings is 1. The summed E-state index contributed by atoms with van der Waals surface area (Å²) in [5, 5.41) is 10.6. The van der Waals surface area contributed by atoms with Gasteiger partial charge in [0.1, 0.15) is 6.04 Å². The minimum Gasteiger partial charge on any atom is -0.480 e. The van der Waals surface area contributed by atoms with Gasteiger partial charge in [0.25, 0.3) is 11.8 Å². The van der Waals surface area contributed by atoms with Crippen molar-refractivity contribution in [1.29, 1.82) is 0 Å². The quantitative estimate of drug-likeness (QED) is 0.466. The highest BCUT2D eigenvalue weighted by atomic mass is 28.4. The van der Waals surface area contributed by atoms with Crippen LogP contribution in [0.15, 0.2) is 24.3 Å². The lowest BCUT2D eigenvalue weighted by molar-refractivity contribution is -0.143. The van der Waals surface area contributed by atoms with Crippen LogP contribution >= 0.6 is 0 Å². The molecule has 1 aromatic rings. The normalized spacial score (nSPS) is 16.7. The molecule has 0 aromatic heterocycles. The Labute approximate surface area is 173 Å². The summed E-state index contributed by atoms with van der Waals surface area (Å²) in [5.74, 6) is -2.28. The highest BCUT2D eigenvalue weighted by Gasteiger charge is 2.48. The molecule has 1 heterocycles. The Morgan fingerprint density at radius 3 is 1.69 bits per heavy atom. The van der Waals surface area contributed by atoms with Crippen LogP contribution in [0.2, 0.25) is 16.6 Å². The van der Waals surface area contributed by atoms with Crippen molar-refractivity contribution in [2.75, 3.05) is 0 Å². The summed E-state index contributed by atoms with van der Waals surface area (Å²) in [6.45, 7) is 14.4. The van der Waals surface area contributed by atoms with Crippen molar-refractivity contribution in [2.45, 2.75) is 77.2 Å². The Morgan fingerprint density at radius 1 is 0.931 bits per heavy atom. The zero-order valence-corrected chi connectivity index (χ0v) is 19.2. The fourth-order valence-corrected chi connectivity index (χ4v) is 10.2. The molecular formula is C21H32N2O5Si. The van der Waals surface area contributed by atoms with Crippen LogP contribution in [0.25, 0.3) is 0 Å². The van der Waals surface area contributed by atoms with E-state index in [1.165, 1.54) is 0 Å². The second-order valence-corrected chi connectivity index (χ2v) is 14.0. The molecule has 0 saturated carbocycles. The maximum Gasteiger partial charge on any atom is 0.325 e. The first-order valence-electron chi connectivity index (χ1n) is 10.1. The lowest BCUT2D eigenvalue weighted by Crippen LogP contribution is -2.59. The Balaban J connectivity index is 2.29. The number of nitrogens with one attached hydrogen (secondary N) is 1. The molecule has 2 atom stereocenters. The molecule has 2 N–H and O–H groups in total. The van der Waals surface area contributed by atoms with Crippen LogP contribution in [0, 0.1) is 0 Å². The molecule has 1 aromatic carbocycles. The molecule has 1 aliphatic heterocycles. The van der Waals surface area contributed by atoms with Gasteiger partial charge in [-0.2, -0.15) is 0 Å². The number of carbonyl (C=O) groups is 3. The van der Waals surface area contributed by atoms with Gasteiger partial charge in [-0.1, -0.05) is 53.7 Å². The van der Waals surface area contributed by atoms with Gasteiger partial charge in [-0.15, -0.1) is 0 Å². The monoisotopic (exact) mass is 420 g/mol. The number of aliphatic carboxylic acids is 1. The van der Waals surface area contributed by atoms with Gasteiger partial charge in [0.05, 0.1) is 17.2 Å². The summed E-state index contributed by atoms with van der Waals surface area (Å²) >= 11 is 0. The second kappa shape index (κ2) is 8.77. The zero-order valence-electron chi connectivity index (χ0n) is 18.2. The topological polar surface area (TPSA) is 95.9 Å². The molecule has 0 aliphatic carbocycles. The van der Waals surface area contributed by atoms with E-state index >= 15 is 0 Å². The molecule has 29 heavy (non-hydrogen) atoms. The zero-order chi connectivity index (χ0) is 22.1. The van der Waals surface area contributed by atoms with E-state index < -0.39 is 38.2 Å². The third-order valence-electron chi connectivity index (χ3n) is 5.89. The van der Waals surface area contributed by atoms with Gasteiger partial charge >= 0.3 is 5.97 Å². The van der Waals surface area contributed by atoms with E-state index in [1.54, 1.807) is 31.2 Å². The van der Waals surface area contributed by atoms with Crippen LogP contribution in [0.4, 0.5) is 0 Å². The number of carboxylic acid groups (broad SMARTS) is 1. The van der Waals surface area contributed by atoms with Crippen molar-refractivity contribution in [3.63, 3.8) is 0 Å². The number of carboxylic acids is 1. The first-order valence-corrected chi connectivity index (χ1v) is 12.2. The first-order chi connectivity index (χ1) is 13.4. The number of imide groups is 1. The molecule has 1 aliphatic rings. The highest BCUT2D eigenvalue weighted by molar-refractivity contribution is 6.77. The number of hydrazine groups is 1. The van der Waals surface area contributed by atoms with Crippen LogP contribution in [0.1, 0.15) is 69.2 Å². The third-order valence-corrected chi connectivity index (χ3v) is 12.1. The van der Waals surface area contributed by atoms with Crippen molar-refractivity contribution in [3.05, 3.63) is 35.4 Å². The average molecular weight is 421 g/mol. The van der Waals surface area contributed by atoms with Crippen molar-refractivity contribution in [3.8, 4) is 0 Å². The third kappa shape index (κ3) is 4.15. The van der Waals surface area contributed by atoms with Crippen molar-refractivity contribution in [1.82, 2.24) is 10.4 Å². The molecule has 0 spiro atoms. The van der Waals surface area contributed by atoms with Crippen LogP contribution in [0.3, 0.4) is 0 Å². The molecule has 0 fully saturated rings. The van der Waals surface area contributed by atoms with E-state index in [2.05, 4.69) is 47.0 Å². The highest BCUT2D eigenvalue weighted by Crippen LogP contribution is 2.43. The molecule has 0 radical (unpaired) electrons. The number of carbonyl (C=O) groups excluding carboxylic acids is 2. The summed E-state index contributed by atoms with van der Waals surface area (Å²) < 4.78 is 6.55. The Kier molecular flexibility index (Phi) is 7.03. The summed E-state index contributed by atoms with van der Waals surface area (Å²) in [5.41, 5.74) is 3.99. The maximum atomic E-state index is 12.6. The predicted octanol–water partition coefficient (Wildman–Crippen LogP) is 3.82. The molecule has 2 rings (SSSR count). The lowest BCUT2D eigenvalue weighted by Gasteiger charge is -2.45. The fraction of sp³-hybridized carbons (Fsp3) is 0.571. The smallest absolute Gasteiger partial charge is 0.325 e. The SMILES string of the molecule is CC(C)[Si](O[C@H](C)[C@H](NN1C(=O)c2ccccc2C1=O)C(=O)O)(C(C)C)C(C)C. The van der Waals surface area contributed by atoms with Crippen molar-refractivity contribution < 1.29 is 23.9 Å². The molecule has 0 saturated heterocycles. The number of nitrogens with zero attached hydrogens (tertiary/aromatic N) is 1. The number of hydrogen-bond acceptors (Lipinski definition) is 5. The number of rotatable bonds is 9. The van der Waals surface area contributed by atoms with E-state index in [-0.39, 0.29) is 27.8 Å². The van der Waals surface area contributed by atoms with Crippen LogP contribution in [-0.2, 0) is 9.22 Å². The van der Waals surface area contributed by atoms with Gasteiger partial charge in [-0.05, 0) is 35.7 Å². The van der Waals surface area contributed by atoms with Gasteiger partial charge < -0.3 is 9.53 Å². The standard InChI is InChI=1S/C21H32N2O5Si/c1-12(2)29(13(3)4,14(5)6)28-15(7)18(21(26)27)22-23-19(24)16-10-8-9-11-17(16)20(23)25/h8-15,18,22H,1-7H3,(H,26,27)/t15-,18+/m1/s1. The van der Waals surface area contributed by atoms with Gasteiger partial charge in [-0.3, -0.25) is 14.4 Å². The molecule has 160 valence electrons. The van der Waals surface area contributed by atoms with Crippen LogP contribution in [-0.4, -0.2) is 48.4 Å². The summed E-state index contributed by atoms with van der Waals surface area (Å²) in [4.78, 5) is 37.3. The molecule has 0 bridgehead atoms. The molecule has 0 unspecified atom stereocenters. The first kappa shape index (κ1) is 23.2. The number of amides is 2. The summed E-state index contributed by atoms with van der Waals surface area (Å²) in [7, 11) is -2.34. The molecule has 8 heteroatoms. The molecular weight excluding hydrogens is 388 g/mol. The number of fused-ring (bicyclic) bond motifs is 1.